The minimum absolute atomic E-state index is 0.248. The van der Waals surface area contributed by atoms with Crippen molar-refractivity contribution in [1.29, 1.82) is 0 Å². The van der Waals surface area contributed by atoms with Gasteiger partial charge in [0.25, 0.3) is 0 Å². The first kappa shape index (κ1) is 15.6. The molecule has 0 bridgehead atoms. The van der Waals surface area contributed by atoms with Crippen molar-refractivity contribution in [3.05, 3.63) is 22.2 Å². The lowest BCUT2D eigenvalue weighted by Crippen LogP contribution is -2.21. The van der Waals surface area contributed by atoms with E-state index < -0.39 is 0 Å². The van der Waals surface area contributed by atoms with Crippen LogP contribution in [0.3, 0.4) is 0 Å². The molecule has 1 heterocycles. The van der Waals surface area contributed by atoms with Gasteiger partial charge in [0.15, 0.2) is 11.5 Å². The van der Waals surface area contributed by atoms with Gasteiger partial charge in [0, 0.05) is 19.6 Å². The zero-order chi connectivity index (χ0) is 14.4. The number of aliphatic hydroxyl groups is 1. The largest absolute Gasteiger partial charge is 0.490 e. The summed E-state index contributed by atoms with van der Waals surface area (Å²) in [4.78, 5) is 0. The summed E-state index contributed by atoms with van der Waals surface area (Å²) in [6.07, 6.45) is 1.74. The second-order valence-corrected chi connectivity index (χ2v) is 6.06. The van der Waals surface area contributed by atoms with E-state index in [-0.39, 0.29) is 6.61 Å². The van der Waals surface area contributed by atoms with Gasteiger partial charge in [-0.25, -0.2) is 0 Å². The normalized spacial score (nSPS) is 15.8. The van der Waals surface area contributed by atoms with Gasteiger partial charge in [0.2, 0.25) is 0 Å². The summed E-state index contributed by atoms with van der Waals surface area (Å²) in [5, 5.41) is 12.3. The van der Waals surface area contributed by atoms with E-state index in [1.54, 1.807) is 0 Å². The van der Waals surface area contributed by atoms with Crippen molar-refractivity contribution in [1.82, 2.24) is 5.32 Å². The van der Waals surface area contributed by atoms with Crippen molar-refractivity contribution in [3.63, 3.8) is 0 Å². The highest BCUT2D eigenvalue weighted by atomic mass is 79.9. The highest BCUT2D eigenvalue weighted by Gasteiger charge is 2.15. The summed E-state index contributed by atoms with van der Waals surface area (Å²) < 4.78 is 12.4. The highest BCUT2D eigenvalue weighted by molar-refractivity contribution is 9.10. The minimum Gasteiger partial charge on any atom is -0.490 e. The van der Waals surface area contributed by atoms with Crippen molar-refractivity contribution in [2.45, 2.75) is 26.3 Å². The molecular weight excluding hydrogens is 322 g/mol. The monoisotopic (exact) mass is 343 g/mol. The van der Waals surface area contributed by atoms with Gasteiger partial charge in [0.1, 0.15) is 0 Å². The Kier molecular flexibility index (Phi) is 6.13. The van der Waals surface area contributed by atoms with Crippen LogP contribution in [0.4, 0.5) is 0 Å². The first-order valence-corrected chi connectivity index (χ1v) is 7.89. The fraction of sp³-hybridized carbons (Fsp3) is 0.600. The van der Waals surface area contributed by atoms with Crippen molar-refractivity contribution in [2.75, 3.05) is 26.4 Å². The smallest absolute Gasteiger partial charge is 0.175 e. The summed E-state index contributed by atoms with van der Waals surface area (Å²) in [6.45, 7) is 5.45. The summed E-state index contributed by atoms with van der Waals surface area (Å²) in [5.74, 6) is 2.10. The predicted molar refractivity (Wildman–Crippen MR) is 82.3 cm³/mol. The van der Waals surface area contributed by atoms with E-state index in [1.165, 1.54) is 0 Å². The zero-order valence-electron chi connectivity index (χ0n) is 11.8. The van der Waals surface area contributed by atoms with E-state index in [0.29, 0.717) is 19.1 Å². The average molecular weight is 344 g/mol. The number of hydrogen-bond acceptors (Lipinski definition) is 4. The highest BCUT2D eigenvalue weighted by Crippen LogP contribution is 2.38. The second-order valence-electron chi connectivity index (χ2n) is 5.20. The number of fused-ring (bicyclic) bond motifs is 1. The molecule has 1 atom stereocenters. The minimum atomic E-state index is 0.248. The van der Waals surface area contributed by atoms with Gasteiger partial charge in [-0.15, -0.1) is 0 Å². The Bertz CT molecular complexity index is 439. The number of halogens is 1. The molecular formula is C15H22BrNO3. The Labute approximate surface area is 128 Å². The Morgan fingerprint density at radius 3 is 2.95 bits per heavy atom. The molecule has 0 aliphatic carbocycles. The topological polar surface area (TPSA) is 50.7 Å². The van der Waals surface area contributed by atoms with Crippen LogP contribution >= 0.6 is 15.9 Å². The molecule has 0 radical (unpaired) electrons. The standard InChI is InChI=1S/C15H22BrNO3/c1-11(3-4-18)9-17-10-12-7-13(16)15-14(8-12)19-5-2-6-20-15/h7-8,11,17-18H,2-6,9-10H2,1H3. The third-order valence-electron chi connectivity index (χ3n) is 3.31. The van der Waals surface area contributed by atoms with Gasteiger partial charge in [0.05, 0.1) is 17.7 Å². The molecule has 112 valence electrons. The van der Waals surface area contributed by atoms with E-state index in [2.05, 4.69) is 34.2 Å². The molecule has 0 saturated heterocycles. The summed E-state index contributed by atoms with van der Waals surface area (Å²) in [5.41, 5.74) is 1.16. The lowest BCUT2D eigenvalue weighted by molar-refractivity contribution is 0.260. The SMILES string of the molecule is CC(CCO)CNCc1cc(Br)c2c(c1)OCCCO2. The van der Waals surface area contributed by atoms with Gasteiger partial charge in [-0.3, -0.25) is 0 Å². The van der Waals surface area contributed by atoms with Crippen LogP contribution in [0.2, 0.25) is 0 Å². The third-order valence-corrected chi connectivity index (χ3v) is 3.89. The lowest BCUT2D eigenvalue weighted by Gasteiger charge is -2.14. The van der Waals surface area contributed by atoms with Gasteiger partial charge in [-0.05, 0) is 52.5 Å². The fourth-order valence-electron chi connectivity index (χ4n) is 2.17. The number of rotatable bonds is 6. The number of benzene rings is 1. The van der Waals surface area contributed by atoms with Crippen LogP contribution in [-0.2, 0) is 6.54 Å². The van der Waals surface area contributed by atoms with E-state index in [1.807, 2.05) is 6.07 Å². The average Bonchev–Trinajstić information content (AvgIpc) is 2.64. The molecule has 2 N–H and O–H groups in total. The fourth-order valence-corrected chi connectivity index (χ4v) is 2.78. The van der Waals surface area contributed by atoms with Crippen LogP contribution in [0, 0.1) is 5.92 Å². The van der Waals surface area contributed by atoms with Crippen molar-refractivity contribution < 1.29 is 14.6 Å². The molecule has 20 heavy (non-hydrogen) atoms. The summed E-state index contributed by atoms with van der Waals surface area (Å²) >= 11 is 3.55. The lowest BCUT2D eigenvalue weighted by atomic mass is 10.1. The molecule has 0 spiro atoms. The van der Waals surface area contributed by atoms with E-state index in [4.69, 9.17) is 14.6 Å². The Hall–Kier alpha value is -0.780. The van der Waals surface area contributed by atoms with E-state index >= 15 is 0 Å². The molecule has 5 heteroatoms. The Morgan fingerprint density at radius 1 is 1.35 bits per heavy atom. The molecule has 2 rings (SSSR count). The summed E-state index contributed by atoms with van der Waals surface area (Å²) in [7, 11) is 0. The first-order chi connectivity index (χ1) is 9.70. The summed E-state index contributed by atoms with van der Waals surface area (Å²) in [6, 6.07) is 4.10. The molecule has 0 amide bonds. The number of hydrogen-bond donors (Lipinski definition) is 2. The quantitative estimate of drug-likeness (QED) is 0.833. The first-order valence-electron chi connectivity index (χ1n) is 7.10. The maximum absolute atomic E-state index is 8.88. The predicted octanol–water partition coefficient (Wildman–Crippen LogP) is 2.72. The van der Waals surface area contributed by atoms with Crippen LogP contribution in [0.25, 0.3) is 0 Å². The maximum Gasteiger partial charge on any atom is 0.175 e. The Morgan fingerprint density at radius 2 is 2.15 bits per heavy atom. The molecule has 0 fully saturated rings. The van der Waals surface area contributed by atoms with E-state index in [9.17, 15) is 0 Å². The van der Waals surface area contributed by atoms with Gasteiger partial charge < -0.3 is 19.9 Å². The van der Waals surface area contributed by atoms with Crippen LogP contribution in [0.1, 0.15) is 25.3 Å². The molecule has 1 unspecified atom stereocenters. The molecule has 4 nitrogen and oxygen atoms in total. The van der Waals surface area contributed by atoms with Crippen LogP contribution in [0.15, 0.2) is 16.6 Å². The van der Waals surface area contributed by atoms with Gasteiger partial charge >= 0.3 is 0 Å². The maximum atomic E-state index is 8.88. The number of ether oxygens (including phenoxy) is 2. The molecule has 0 saturated carbocycles. The van der Waals surface area contributed by atoms with Crippen LogP contribution < -0.4 is 14.8 Å². The van der Waals surface area contributed by atoms with Crippen LogP contribution in [-0.4, -0.2) is 31.5 Å². The van der Waals surface area contributed by atoms with Crippen molar-refractivity contribution in [3.8, 4) is 11.5 Å². The number of aliphatic hydroxyl groups excluding tert-OH is 1. The van der Waals surface area contributed by atoms with Crippen LogP contribution in [0.5, 0.6) is 11.5 Å². The van der Waals surface area contributed by atoms with Gasteiger partial charge in [-0.2, -0.15) is 0 Å². The molecule has 1 aromatic rings. The van der Waals surface area contributed by atoms with E-state index in [0.717, 1.165) is 47.5 Å². The molecule has 1 aromatic carbocycles. The van der Waals surface area contributed by atoms with Crippen molar-refractivity contribution in [2.24, 2.45) is 5.92 Å². The second kappa shape index (κ2) is 7.86. The Balaban J connectivity index is 1.95. The number of nitrogens with one attached hydrogen (secondary N) is 1. The van der Waals surface area contributed by atoms with Gasteiger partial charge in [-0.1, -0.05) is 6.92 Å². The third kappa shape index (κ3) is 4.36. The molecule has 0 aromatic heterocycles. The van der Waals surface area contributed by atoms with Crippen molar-refractivity contribution >= 4 is 15.9 Å². The zero-order valence-corrected chi connectivity index (χ0v) is 13.4. The molecule has 1 aliphatic rings. The molecule has 1 aliphatic heterocycles.